The molecule has 5 nitrogen and oxygen atoms in total. The first-order valence-corrected chi connectivity index (χ1v) is 6.83. The van der Waals surface area contributed by atoms with Gasteiger partial charge in [-0.05, 0) is 30.2 Å². The van der Waals surface area contributed by atoms with Crippen molar-refractivity contribution >= 4 is 12.0 Å². The van der Waals surface area contributed by atoms with Crippen LogP contribution in [0.2, 0.25) is 0 Å². The van der Waals surface area contributed by atoms with Crippen molar-refractivity contribution in [2.75, 3.05) is 13.7 Å². The van der Waals surface area contributed by atoms with Gasteiger partial charge >= 0.3 is 0 Å². The van der Waals surface area contributed by atoms with E-state index in [2.05, 4.69) is 10.3 Å². The number of imidazole rings is 1. The molecule has 110 valence electrons. The Kier molecular flexibility index (Phi) is 5.58. The molecule has 21 heavy (non-hydrogen) atoms. The molecule has 0 bridgehead atoms. The summed E-state index contributed by atoms with van der Waals surface area (Å²) in [4.78, 5) is 15.7. The highest BCUT2D eigenvalue weighted by Gasteiger charge is 1.96. The quantitative estimate of drug-likeness (QED) is 0.626. The minimum Gasteiger partial charge on any atom is -0.497 e. The van der Waals surface area contributed by atoms with E-state index in [1.807, 2.05) is 35.0 Å². The lowest BCUT2D eigenvalue weighted by Crippen LogP contribution is -2.22. The molecule has 5 heteroatoms. The van der Waals surface area contributed by atoms with Gasteiger partial charge in [0.25, 0.3) is 0 Å². The Bertz CT molecular complexity index is 591. The Morgan fingerprint density at radius 1 is 1.48 bits per heavy atom. The summed E-state index contributed by atoms with van der Waals surface area (Å²) in [6.07, 6.45) is 9.60. The predicted molar refractivity (Wildman–Crippen MR) is 81.9 cm³/mol. The summed E-state index contributed by atoms with van der Waals surface area (Å²) in [6.45, 7) is 1.49. The third-order valence-electron chi connectivity index (χ3n) is 2.97. The number of amides is 1. The maximum absolute atomic E-state index is 11.7. The minimum atomic E-state index is -0.0940. The summed E-state index contributed by atoms with van der Waals surface area (Å²) in [5.41, 5.74) is 0.933. The van der Waals surface area contributed by atoms with Crippen molar-refractivity contribution in [2.45, 2.75) is 13.0 Å². The fraction of sp³-hybridized carbons (Fsp3) is 0.250. The van der Waals surface area contributed by atoms with E-state index in [-0.39, 0.29) is 5.91 Å². The van der Waals surface area contributed by atoms with Crippen molar-refractivity contribution in [3.8, 4) is 5.75 Å². The zero-order valence-corrected chi connectivity index (χ0v) is 12.0. The molecular weight excluding hydrogens is 266 g/mol. The first-order valence-electron chi connectivity index (χ1n) is 6.83. The molecular formula is C16H19N3O2. The monoisotopic (exact) mass is 285 g/mol. The maximum atomic E-state index is 11.7. The van der Waals surface area contributed by atoms with Crippen LogP contribution in [0, 0.1) is 0 Å². The predicted octanol–water partition coefficient (Wildman–Crippen LogP) is 2.11. The van der Waals surface area contributed by atoms with Crippen molar-refractivity contribution in [3.63, 3.8) is 0 Å². The van der Waals surface area contributed by atoms with E-state index in [9.17, 15) is 4.79 Å². The Labute approximate surface area is 124 Å². The van der Waals surface area contributed by atoms with E-state index in [0.717, 1.165) is 24.3 Å². The summed E-state index contributed by atoms with van der Waals surface area (Å²) in [5, 5.41) is 2.85. The number of benzene rings is 1. The average Bonchev–Trinajstić information content (AvgIpc) is 3.03. The van der Waals surface area contributed by atoms with Crippen LogP contribution in [0.15, 0.2) is 49.1 Å². The number of carbonyl (C=O) groups excluding carboxylic acids is 1. The van der Waals surface area contributed by atoms with Gasteiger partial charge in [0.2, 0.25) is 5.91 Å². The molecule has 0 saturated carbocycles. The van der Waals surface area contributed by atoms with Crippen LogP contribution in [0.5, 0.6) is 5.75 Å². The van der Waals surface area contributed by atoms with E-state index in [4.69, 9.17) is 4.74 Å². The molecule has 0 fully saturated rings. The van der Waals surface area contributed by atoms with Crippen LogP contribution in [-0.4, -0.2) is 29.1 Å². The Morgan fingerprint density at radius 3 is 3.14 bits per heavy atom. The van der Waals surface area contributed by atoms with Gasteiger partial charge in [-0.15, -0.1) is 0 Å². The summed E-state index contributed by atoms with van der Waals surface area (Å²) in [7, 11) is 1.62. The van der Waals surface area contributed by atoms with Gasteiger partial charge in [-0.2, -0.15) is 0 Å². The van der Waals surface area contributed by atoms with Gasteiger partial charge in [-0.25, -0.2) is 4.98 Å². The van der Waals surface area contributed by atoms with Crippen molar-refractivity contribution < 1.29 is 9.53 Å². The fourth-order valence-corrected chi connectivity index (χ4v) is 1.87. The van der Waals surface area contributed by atoms with Crippen LogP contribution in [0.1, 0.15) is 12.0 Å². The number of nitrogens with zero attached hydrogens (tertiary/aromatic N) is 2. The van der Waals surface area contributed by atoms with E-state index in [1.54, 1.807) is 25.7 Å². The molecule has 0 saturated heterocycles. The number of nitrogens with one attached hydrogen (secondary N) is 1. The molecule has 1 aromatic heterocycles. The van der Waals surface area contributed by atoms with Gasteiger partial charge in [0.05, 0.1) is 13.4 Å². The lowest BCUT2D eigenvalue weighted by atomic mass is 10.2. The molecule has 1 amide bonds. The topological polar surface area (TPSA) is 56.1 Å². The second-order valence-corrected chi connectivity index (χ2v) is 4.56. The zero-order chi connectivity index (χ0) is 14.9. The van der Waals surface area contributed by atoms with E-state index in [0.29, 0.717) is 6.54 Å². The van der Waals surface area contributed by atoms with Gasteiger partial charge < -0.3 is 14.6 Å². The number of aromatic nitrogens is 2. The van der Waals surface area contributed by atoms with Crippen molar-refractivity contribution in [2.24, 2.45) is 0 Å². The van der Waals surface area contributed by atoms with Crippen LogP contribution in [-0.2, 0) is 11.3 Å². The maximum Gasteiger partial charge on any atom is 0.244 e. The van der Waals surface area contributed by atoms with Crippen LogP contribution in [0.3, 0.4) is 0 Å². The highest BCUT2D eigenvalue weighted by atomic mass is 16.5. The third kappa shape index (κ3) is 5.14. The largest absolute Gasteiger partial charge is 0.497 e. The second-order valence-electron chi connectivity index (χ2n) is 4.56. The molecule has 0 radical (unpaired) electrons. The molecule has 0 unspecified atom stereocenters. The molecule has 1 heterocycles. The molecule has 1 N–H and O–H groups in total. The lowest BCUT2D eigenvalue weighted by Gasteiger charge is -2.03. The van der Waals surface area contributed by atoms with Crippen LogP contribution < -0.4 is 10.1 Å². The molecule has 0 atom stereocenters. The lowest BCUT2D eigenvalue weighted by molar-refractivity contribution is -0.116. The Balaban J connectivity index is 1.72. The molecule has 2 rings (SSSR count). The van der Waals surface area contributed by atoms with Crippen LogP contribution in [0.25, 0.3) is 6.08 Å². The van der Waals surface area contributed by atoms with Crippen LogP contribution >= 0.6 is 0 Å². The number of carbonyl (C=O) groups is 1. The summed E-state index contributed by atoms with van der Waals surface area (Å²) in [6, 6.07) is 7.56. The fourth-order valence-electron chi connectivity index (χ4n) is 1.87. The number of hydrogen-bond donors (Lipinski definition) is 1. The molecule has 0 aliphatic rings. The molecule has 2 aromatic rings. The van der Waals surface area contributed by atoms with Gasteiger partial charge in [0, 0.05) is 31.6 Å². The Morgan fingerprint density at radius 2 is 2.38 bits per heavy atom. The average molecular weight is 285 g/mol. The summed E-state index contributed by atoms with van der Waals surface area (Å²) >= 11 is 0. The SMILES string of the molecule is COc1cccc(/C=C/C(=O)NCCCn2ccnc2)c1. The number of ether oxygens (including phenoxy) is 1. The first-order chi connectivity index (χ1) is 10.3. The van der Waals surface area contributed by atoms with Gasteiger partial charge in [-0.1, -0.05) is 12.1 Å². The Hall–Kier alpha value is -2.56. The highest BCUT2D eigenvalue weighted by Crippen LogP contribution is 2.13. The molecule has 0 aliphatic carbocycles. The minimum absolute atomic E-state index is 0.0940. The molecule has 0 aliphatic heterocycles. The third-order valence-corrected chi connectivity index (χ3v) is 2.97. The number of hydrogen-bond acceptors (Lipinski definition) is 3. The number of methoxy groups -OCH3 is 1. The summed E-state index contributed by atoms with van der Waals surface area (Å²) in [5.74, 6) is 0.682. The van der Waals surface area contributed by atoms with Crippen molar-refractivity contribution in [1.29, 1.82) is 0 Å². The van der Waals surface area contributed by atoms with E-state index >= 15 is 0 Å². The van der Waals surface area contributed by atoms with E-state index in [1.165, 1.54) is 6.08 Å². The van der Waals surface area contributed by atoms with Crippen LogP contribution in [0.4, 0.5) is 0 Å². The first kappa shape index (κ1) is 14.8. The standard InChI is InChI=1S/C16H19N3O2/c1-21-15-5-2-4-14(12-15)6-7-16(20)18-8-3-10-19-11-9-17-13-19/h2,4-7,9,11-13H,3,8,10H2,1H3,(H,18,20)/b7-6+. The number of rotatable bonds is 7. The molecule has 1 aromatic carbocycles. The van der Waals surface area contributed by atoms with Crippen molar-refractivity contribution in [1.82, 2.24) is 14.9 Å². The second kappa shape index (κ2) is 7.89. The number of aryl methyl sites for hydroxylation is 1. The molecule has 0 spiro atoms. The summed E-state index contributed by atoms with van der Waals surface area (Å²) < 4.78 is 7.12. The van der Waals surface area contributed by atoms with Gasteiger partial charge in [0.1, 0.15) is 5.75 Å². The zero-order valence-electron chi connectivity index (χ0n) is 12.0. The highest BCUT2D eigenvalue weighted by molar-refractivity contribution is 5.91. The van der Waals surface area contributed by atoms with Crippen molar-refractivity contribution in [3.05, 3.63) is 54.6 Å². The normalized spacial score (nSPS) is 10.7. The smallest absolute Gasteiger partial charge is 0.244 e. The van der Waals surface area contributed by atoms with Gasteiger partial charge in [0.15, 0.2) is 0 Å². The van der Waals surface area contributed by atoms with Gasteiger partial charge in [-0.3, -0.25) is 4.79 Å². The van der Waals surface area contributed by atoms with E-state index < -0.39 is 0 Å².